The first-order chi connectivity index (χ1) is 16.8. The lowest BCUT2D eigenvalue weighted by atomic mass is 10.0. The van der Waals surface area contributed by atoms with Gasteiger partial charge < -0.3 is 5.32 Å². The maximum atomic E-state index is 13.5. The first-order valence-electron chi connectivity index (χ1n) is 10.5. The van der Waals surface area contributed by atoms with Crippen molar-refractivity contribution in [3.63, 3.8) is 0 Å². The van der Waals surface area contributed by atoms with Crippen molar-refractivity contribution in [2.24, 2.45) is 0 Å². The number of hydrogen-bond acceptors (Lipinski definition) is 3. The van der Waals surface area contributed by atoms with E-state index in [0.717, 1.165) is 34.2 Å². The molecule has 0 aliphatic carbocycles. The fourth-order valence-corrected chi connectivity index (χ4v) is 4.72. The number of hydrogen-bond donors (Lipinski definition) is 1. The summed E-state index contributed by atoms with van der Waals surface area (Å²) in [6.45, 7) is 0. The Kier molecular flexibility index (Phi) is 5.82. The molecule has 0 atom stereocenters. The highest BCUT2D eigenvalue weighted by atomic mass is 32.1. The van der Waals surface area contributed by atoms with Crippen LogP contribution in [0.3, 0.4) is 0 Å². The van der Waals surface area contributed by atoms with Crippen LogP contribution in [0, 0.1) is 5.82 Å². The number of carbonyl (C=O) groups excluding carboxylic acids is 1. The quantitative estimate of drug-likeness (QED) is 0.258. The van der Waals surface area contributed by atoms with Gasteiger partial charge in [0.05, 0.1) is 5.56 Å². The lowest BCUT2D eigenvalue weighted by Crippen LogP contribution is -2.12. The number of carbonyl (C=O) groups is 1. The summed E-state index contributed by atoms with van der Waals surface area (Å²) in [5, 5.41) is 5.42. The number of halogens is 4. The molecular formula is C27H16F4N2OS. The van der Waals surface area contributed by atoms with E-state index in [0.29, 0.717) is 32.4 Å². The van der Waals surface area contributed by atoms with Crippen molar-refractivity contribution in [3.8, 4) is 21.8 Å². The first-order valence-corrected chi connectivity index (χ1v) is 11.3. The number of aromatic nitrogens is 1. The highest BCUT2D eigenvalue weighted by Gasteiger charge is 2.30. The molecule has 1 heterocycles. The van der Waals surface area contributed by atoms with Gasteiger partial charge in [0.15, 0.2) is 0 Å². The number of anilines is 1. The largest absolute Gasteiger partial charge is 0.416 e. The Morgan fingerprint density at radius 1 is 0.800 bits per heavy atom. The van der Waals surface area contributed by atoms with Gasteiger partial charge in [-0.2, -0.15) is 13.2 Å². The Morgan fingerprint density at radius 3 is 2.17 bits per heavy atom. The second-order valence-electron chi connectivity index (χ2n) is 7.76. The molecule has 0 aliphatic heterocycles. The van der Waals surface area contributed by atoms with Crippen LogP contribution < -0.4 is 5.32 Å². The fraction of sp³-hybridized carbons (Fsp3) is 0.0370. The second kappa shape index (κ2) is 8.96. The van der Waals surface area contributed by atoms with E-state index >= 15 is 0 Å². The molecule has 0 saturated carbocycles. The number of nitrogens with one attached hydrogen (secondary N) is 1. The maximum absolute atomic E-state index is 13.5. The van der Waals surface area contributed by atoms with Gasteiger partial charge in [-0.05, 0) is 53.2 Å². The van der Waals surface area contributed by atoms with Crippen LogP contribution in [0.1, 0.15) is 15.9 Å². The zero-order chi connectivity index (χ0) is 24.6. The first kappa shape index (κ1) is 22.7. The Bertz CT molecular complexity index is 1520. The van der Waals surface area contributed by atoms with Crippen molar-refractivity contribution >= 4 is 33.0 Å². The molecule has 0 spiro atoms. The minimum atomic E-state index is -4.45. The zero-order valence-electron chi connectivity index (χ0n) is 17.9. The van der Waals surface area contributed by atoms with Crippen molar-refractivity contribution in [1.29, 1.82) is 0 Å². The third-order valence-corrected chi connectivity index (χ3v) is 6.49. The summed E-state index contributed by atoms with van der Waals surface area (Å²) in [5.74, 6) is -0.777. The molecule has 35 heavy (non-hydrogen) atoms. The molecule has 174 valence electrons. The summed E-state index contributed by atoms with van der Waals surface area (Å²) in [5.41, 5.74) is 1.14. The number of benzene rings is 4. The average molecular weight is 492 g/mol. The van der Waals surface area contributed by atoms with Gasteiger partial charge in [-0.3, -0.25) is 4.79 Å². The molecule has 4 aromatic carbocycles. The second-order valence-corrected chi connectivity index (χ2v) is 8.76. The Labute approximate surface area is 201 Å². The lowest BCUT2D eigenvalue weighted by molar-refractivity contribution is -0.137. The van der Waals surface area contributed by atoms with Gasteiger partial charge in [-0.1, -0.05) is 59.9 Å². The standard InChI is InChI=1S/C27H16F4N2OS/c28-20-14-10-17(11-15-20)23-26(33-24(34)22-7-3-5-16-4-1-2-6-21(16)22)35-25(32-23)18-8-12-19(13-9-18)27(29,30)31/h1-15H,(H,33,34). The van der Waals surface area contributed by atoms with E-state index in [1.54, 1.807) is 12.1 Å². The number of alkyl halides is 3. The number of thiazole rings is 1. The number of rotatable bonds is 4. The van der Waals surface area contributed by atoms with Crippen LogP contribution in [0.2, 0.25) is 0 Å². The monoisotopic (exact) mass is 492 g/mol. The van der Waals surface area contributed by atoms with Crippen LogP contribution in [0.5, 0.6) is 0 Å². The molecule has 0 saturated heterocycles. The van der Waals surface area contributed by atoms with Crippen molar-refractivity contribution < 1.29 is 22.4 Å². The molecule has 3 nitrogen and oxygen atoms in total. The molecule has 8 heteroatoms. The normalized spacial score (nSPS) is 11.5. The van der Waals surface area contributed by atoms with E-state index < -0.39 is 17.6 Å². The van der Waals surface area contributed by atoms with E-state index in [-0.39, 0.29) is 5.91 Å². The van der Waals surface area contributed by atoms with Gasteiger partial charge in [-0.25, -0.2) is 9.37 Å². The molecular weight excluding hydrogens is 476 g/mol. The van der Waals surface area contributed by atoms with Gasteiger partial charge in [0, 0.05) is 16.7 Å². The Balaban J connectivity index is 1.55. The molecule has 1 amide bonds. The zero-order valence-corrected chi connectivity index (χ0v) is 18.8. The molecule has 5 rings (SSSR count). The predicted molar refractivity (Wildman–Crippen MR) is 130 cm³/mol. The molecule has 0 aliphatic rings. The third-order valence-electron chi connectivity index (χ3n) is 5.47. The van der Waals surface area contributed by atoms with Crippen LogP contribution in [-0.2, 0) is 6.18 Å². The Morgan fingerprint density at radius 2 is 1.46 bits per heavy atom. The lowest BCUT2D eigenvalue weighted by Gasteiger charge is -2.08. The van der Waals surface area contributed by atoms with Crippen LogP contribution in [0.15, 0.2) is 91.0 Å². The van der Waals surface area contributed by atoms with E-state index in [1.807, 2.05) is 30.3 Å². The molecule has 0 unspecified atom stereocenters. The van der Waals surface area contributed by atoms with Crippen LogP contribution in [-0.4, -0.2) is 10.9 Å². The molecule has 0 bridgehead atoms. The van der Waals surface area contributed by atoms with Crippen molar-refractivity contribution in [3.05, 3.63) is 108 Å². The summed E-state index contributed by atoms with van der Waals surface area (Å²) in [6, 6.07) is 23.2. The highest BCUT2D eigenvalue weighted by molar-refractivity contribution is 7.19. The summed E-state index contributed by atoms with van der Waals surface area (Å²) < 4.78 is 52.4. The number of nitrogens with zero attached hydrogens (tertiary/aromatic N) is 1. The third kappa shape index (κ3) is 4.65. The molecule has 5 aromatic rings. The van der Waals surface area contributed by atoms with Crippen LogP contribution in [0.4, 0.5) is 22.6 Å². The van der Waals surface area contributed by atoms with Crippen molar-refractivity contribution in [2.45, 2.75) is 6.18 Å². The maximum Gasteiger partial charge on any atom is 0.416 e. The predicted octanol–water partition coefficient (Wildman–Crippen LogP) is 8.04. The number of amides is 1. The Hall–Kier alpha value is -4.04. The van der Waals surface area contributed by atoms with Gasteiger partial charge in [0.2, 0.25) is 0 Å². The van der Waals surface area contributed by atoms with Gasteiger partial charge >= 0.3 is 6.18 Å². The molecule has 0 fully saturated rings. The van der Waals surface area contributed by atoms with Crippen molar-refractivity contribution in [1.82, 2.24) is 4.98 Å². The van der Waals surface area contributed by atoms with E-state index in [9.17, 15) is 22.4 Å². The average Bonchev–Trinajstić information content (AvgIpc) is 3.27. The summed E-state index contributed by atoms with van der Waals surface area (Å²) in [4.78, 5) is 17.8. The van der Waals surface area contributed by atoms with Crippen LogP contribution in [0.25, 0.3) is 32.6 Å². The minimum absolute atomic E-state index is 0.354. The topological polar surface area (TPSA) is 42.0 Å². The summed E-state index contributed by atoms with van der Waals surface area (Å²) in [6.07, 6.45) is -4.45. The summed E-state index contributed by atoms with van der Waals surface area (Å²) in [7, 11) is 0. The van der Waals surface area contributed by atoms with Gasteiger partial charge in [-0.15, -0.1) is 0 Å². The van der Waals surface area contributed by atoms with E-state index in [2.05, 4.69) is 10.3 Å². The minimum Gasteiger partial charge on any atom is -0.312 e. The van der Waals surface area contributed by atoms with E-state index in [1.165, 1.54) is 36.4 Å². The van der Waals surface area contributed by atoms with Crippen molar-refractivity contribution in [2.75, 3.05) is 5.32 Å². The highest BCUT2D eigenvalue weighted by Crippen LogP contribution is 2.39. The van der Waals surface area contributed by atoms with Crippen LogP contribution >= 0.6 is 11.3 Å². The van der Waals surface area contributed by atoms with Gasteiger partial charge in [0.25, 0.3) is 5.91 Å². The number of fused-ring (bicyclic) bond motifs is 1. The summed E-state index contributed by atoms with van der Waals surface area (Å²) >= 11 is 1.14. The SMILES string of the molecule is O=C(Nc1sc(-c2ccc(C(F)(F)F)cc2)nc1-c1ccc(F)cc1)c1cccc2ccccc12. The van der Waals surface area contributed by atoms with Gasteiger partial charge in [0.1, 0.15) is 21.5 Å². The van der Waals surface area contributed by atoms with E-state index in [4.69, 9.17) is 0 Å². The fourth-order valence-electron chi connectivity index (χ4n) is 3.73. The smallest absolute Gasteiger partial charge is 0.312 e. The molecule has 0 radical (unpaired) electrons. The molecule has 1 aromatic heterocycles. The molecule has 1 N–H and O–H groups in total.